The van der Waals surface area contributed by atoms with Crippen molar-refractivity contribution in [2.45, 2.75) is 11.2 Å². The van der Waals surface area contributed by atoms with Crippen LogP contribution in [-0.4, -0.2) is 49.3 Å². The molecule has 3 aromatic rings. The molecule has 1 atom stereocenters. The lowest BCUT2D eigenvalue weighted by Crippen LogP contribution is -2.36. The number of esters is 1. The maximum atomic E-state index is 12.3. The number of ether oxygens (including phenoxy) is 1. The zero-order chi connectivity index (χ0) is 19.4. The van der Waals surface area contributed by atoms with Crippen LogP contribution in [0, 0.1) is 0 Å². The summed E-state index contributed by atoms with van der Waals surface area (Å²) in [6.45, 7) is 0. The van der Waals surface area contributed by atoms with E-state index in [1.807, 2.05) is 29.1 Å². The predicted molar refractivity (Wildman–Crippen MR) is 101 cm³/mol. The van der Waals surface area contributed by atoms with Gasteiger partial charge in [-0.05, 0) is 17.5 Å². The molecule has 0 aliphatic carbocycles. The van der Waals surface area contributed by atoms with E-state index in [1.54, 1.807) is 35.3 Å². The minimum Gasteiger partial charge on any atom is -0.467 e. The number of aromatic nitrogens is 5. The van der Waals surface area contributed by atoms with Crippen molar-refractivity contribution in [3.05, 3.63) is 35.5 Å². The molecule has 0 saturated heterocycles. The second-order valence-electron chi connectivity index (χ2n) is 5.57. The molecule has 3 aromatic heterocycles. The second-order valence-corrected chi connectivity index (χ2v) is 7.46. The fourth-order valence-corrected chi connectivity index (χ4v) is 3.82. The van der Waals surface area contributed by atoms with Gasteiger partial charge in [0.05, 0.1) is 23.4 Å². The monoisotopic (exact) mass is 406 g/mol. The van der Waals surface area contributed by atoms with Crippen LogP contribution in [0.1, 0.15) is 11.7 Å². The van der Waals surface area contributed by atoms with Crippen molar-refractivity contribution in [1.82, 2.24) is 29.9 Å². The van der Waals surface area contributed by atoms with E-state index in [-0.39, 0.29) is 11.7 Å². The van der Waals surface area contributed by atoms with Gasteiger partial charge in [0.15, 0.2) is 17.0 Å². The summed E-state index contributed by atoms with van der Waals surface area (Å²) in [6.07, 6.45) is 1.69. The lowest BCUT2D eigenvalue weighted by Gasteiger charge is -2.14. The smallest absolute Gasteiger partial charge is 0.334 e. The van der Waals surface area contributed by atoms with Gasteiger partial charge < -0.3 is 14.6 Å². The van der Waals surface area contributed by atoms with E-state index in [0.717, 1.165) is 10.7 Å². The molecule has 142 valence electrons. The van der Waals surface area contributed by atoms with Crippen molar-refractivity contribution in [1.29, 1.82) is 0 Å². The van der Waals surface area contributed by atoms with E-state index in [9.17, 15) is 9.59 Å². The molecule has 9 nitrogen and oxygen atoms in total. The molecule has 3 heterocycles. The fraction of sp³-hybridized carbons (Fsp3) is 0.312. The Morgan fingerprint density at radius 3 is 2.78 bits per heavy atom. The van der Waals surface area contributed by atoms with Crippen molar-refractivity contribution < 1.29 is 14.3 Å². The standard InChI is InChI=1S/C16H18N6O3S2/c1-21-7-6-10(20-21)13(15(24)25-3)17-12(23)9-27-16-19-18-14(22(16)2)11-5-4-8-26-11/h4-8,13H,9H2,1-3H3,(H,17,23). The fourth-order valence-electron chi connectivity index (χ4n) is 2.35. The Kier molecular flexibility index (Phi) is 5.91. The average Bonchev–Trinajstić information content (AvgIpc) is 3.39. The number of methoxy groups -OCH3 is 1. The molecule has 0 aliphatic heterocycles. The van der Waals surface area contributed by atoms with Crippen molar-refractivity contribution in [2.24, 2.45) is 14.1 Å². The third-order valence-corrected chi connectivity index (χ3v) is 5.57. The number of nitrogens with zero attached hydrogens (tertiary/aromatic N) is 5. The molecule has 0 aliphatic rings. The van der Waals surface area contributed by atoms with E-state index in [4.69, 9.17) is 4.74 Å². The molecule has 0 radical (unpaired) electrons. The summed E-state index contributed by atoms with van der Waals surface area (Å²) >= 11 is 2.81. The van der Waals surface area contributed by atoms with Crippen LogP contribution in [0.2, 0.25) is 0 Å². The van der Waals surface area contributed by atoms with Crippen molar-refractivity contribution in [3.63, 3.8) is 0 Å². The van der Waals surface area contributed by atoms with Crippen LogP contribution in [0.3, 0.4) is 0 Å². The maximum absolute atomic E-state index is 12.3. The molecular formula is C16H18N6O3S2. The number of hydrogen-bond acceptors (Lipinski definition) is 8. The molecule has 1 unspecified atom stereocenters. The first-order chi connectivity index (χ1) is 13.0. The van der Waals surface area contributed by atoms with E-state index in [0.29, 0.717) is 10.9 Å². The molecule has 3 rings (SSSR count). The molecule has 0 saturated carbocycles. The summed E-state index contributed by atoms with van der Waals surface area (Å²) in [5.41, 5.74) is 0.418. The molecule has 0 bridgehead atoms. The van der Waals surface area contributed by atoms with Gasteiger partial charge in [0.25, 0.3) is 0 Å². The highest BCUT2D eigenvalue weighted by Crippen LogP contribution is 2.26. The average molecular weight is 406 g/mol. The highest BCUT2D eigenvalue weighted by Gasteiger charge is 2.26. The van der Waals surface area contributed by atoms with Crippen LogP contribution in [0.25, 0.3) is 10.7 Å². The quantitative estimate of drug-likeness (QED) is 0.467. The third-order valence-electron chi connectivity index (χ3n) is 3.68. The molecule has 0 fully saturated rings. The number of thioether (sulfide) groups is 1. The van der Waals surface area contributed by atoms with Gasteiger partial charge in [-0.15, -0.1) is 21.5 Å². The van der Waals surface area contributed by atoms with Gasteiger partial charge >= 0.3 is 5.97 Å². The summed E-state index contributed by atoms with van der Waals surface area (Å²) in [5, 5.41) is 17.7. The van der Waals surface area contributed by atoms with Crippen molar-refractivity contribution in [3.8, 4) is 10.7 Å². The Hall–Kier alpha value is -2.66. The van der Waals surface area contributed by atoms with E-state index < -0.39 is 12.0 Å². The lowest BCUT2D eigenvalue weighted by molar-refractivity contribution is -0.145. The molecule has 0 aromatic carbocycles. The van der Waals surface area contributed by atoms with Crippen LogP contribution < -0.4 is 5.32 Å². The van der Waals surface area contributed by atoms with Gasteiger partial charge in [0, 0.05) is 20.3 Å². The van der Waals surface area contributed by atoms with Gasteiger partial charge in [-0.25, -0.2) is 4.79 Å². The topological polar surface area (TPSA) is 104 Å². The molecule has 1 amide bonds. The summed E-state index contributed by atoms with van der Waals surface area (Å²) < 4.78 is 8.16. The first-order valence-electron chi connectivity index (χ1n) is 7.92. The number of amides is 1. The Morgan fingerprint density at radius 2 is 2.15 bits per heavy atom. The van der Waals surface area contributed by atoms with Crippen LogP contribution in [0.5, 0.6) is 0 Å². The largest absolute Gasteiger partial charge is 0.467 e. The Bertz CT molecular complexity index is 934. The van der Waals surface area contributed by atoms with Crippen LogP contribution in [0.4, 0.5) is 0 Å². The first kappa shape index (κ1) is 19.1. The molecule has 27 heavy (non-hydrogen) atoms. The van der Waals surface area contributed by atoms with Gasteiger partial charge in [0.1, 0.15) is 0 Å². The zero-order valence-corrected chi connectivity index (χ0v) is 16.6. The Labute approximate surface area is 163 Å². The van der Waals surface area contributed by atoms with Crippen molar-refractivity contribution >= 4 is 35.0 Å². The van der Waals surface area contributed by atoms with Crippen molar-refractivity contribution in [2.75, 3.05) is 12.9 Å². The van der Waals surface area contributed by atoms with Gasteiger partial charge in [-0.2, -0.15) is 5.10 Å². The van der Waals surface area contributed by atoms with Crippen LogP contribution in [0.15, 0.2) is 34.9 Å². The number of carbonyl (C=O) groups excluding carboxylic acids is 2. The highest BCUT2D eigenvalue weighted by atomic mass is 32.2. The van der Waals surface area contributed by atoms with Crippen LogP contribution >= 0.6 is 23.1 Å². The summed E-state index contributed by atoms with van der Waals surface area (Å²) in [6, 6.07) is 4.61. The number of thiophene rings is 1. The van der Waals surface area contributed by atoms with E-state index >= 15 is 0 Å². The second kappa shape index (κ2) is 8.35. The molecular weight excluding hydrogens is 388 g/mol. The molecule has 11 heteroatoms. The lowest BCUT2D eigenvalue weighted by atomic mass is 10.2. The molecule has 1 N–H and O–H groups in total. The Balaban J connectivity index is 1.64. The number of hydrogen-bond donors (Lipinski definition) is 1. The maximum Gasteiger partial charge on any atom is 0.334 e. The minimum atomic E-state index is -0.953. The number of aryl methyl sites for hydroxylation is 1. The molecule has 0 spiro atoms. The predicted octanol–water partition coefficient (Wildman–Crippen LogP) is 1.40. The van der Waals surface area contributed by atoms with Gasteiger partial charge in [-0.1, -0.05) is 17.8 Å². The number of nitrogens with one attached hydrogen (secondary N) is 1. The number of rotatable bonds is 7. The third kappa shape index (κ3) is 4.37. The minimum absolute atomic E-state index is 0.0801. The summed E-state index contributed by atoms with van der Waals surface area (Å²) in [5.74, 6) is -0.0854. The van der Waals surface area contributed by atoms with Gasteiger partial charge in [-0.3, -0.25) is 9.48 Å². The summed E-state index contributed by atoms with van der Waals surface area (Å²) in [7, 11) is 4.85. The van der Waals surface area contributed by atoms with Crippen LogP contribution in [-0.2, 0) is 28.4 Å². The summed E-state index contributed by atoms with van der Waals surface area (Å²) in [4.78, 5) is 25.3. The zero-order valence-electron chi connectivity index (χ0n) is 14.9. The first-order valence-corrected chi connectivity index (χ1v) is 9.79. The Morgan fingerprint density at radius 1 is 1.33 bits per heavy atom. The van der Waals surface area contributed by atoms with Gasteiger partial charge in [0.2, 0.25) is 5.91 Å². The van der Waals surface area contributed by atoms with E-state index in [1.165, 1.54) is 18.9 Å². The SMILES string of the molecule is COC(=O)C(NC(=O)CSc1nnc(-c2cccs2)n1C)c1ccn(C)n1. The highest BCUT2D eigenvalue weighted by molar-refractivity contribution is 7.99. The number of carbonyl (C=O) groups is 2. The van der Waals surface area contributed by atoms with E-state index in [2.05, 4.69) is 20.6 Å². The normalized spacial score (nSPS) is 12.0.